The summed E-state index contributed by atoms with van der Waals surface area (Å²) in [5.41, 5.74) is 5.51. The lowest BCUT2D eigenvalue weighted by atomic mass is 9.92. The van der Waals surface area contributed by atoms with Crippen molar-refractivity contribution in [3.05, 3.63) is 67.1 Å². The standard InChI is InChI=1S/C21H29N5O2.C16H16N4O2/c1-24-15-22-21(23-24)17-3-5-18(6-4-17)26-11-7-16(8-12-26)20(27)14-25-10-9-19(13-25)28-2;1-10(2)22-15-6-3-11(8-17-15)16-13-7-12(18-9-21)4-5-14(13)19-20-16/h3-6,15-16,19H,7-14H2,1-2H3;3-10H,1-2H3,(H,18,21)(H,19,20)/t19-;/m0./s1. The molecule has 13 nitrogen and oxygen atoms in total. The Hall–Kier alpha value is -5.14. The maximum Gasteiger partial charge on any atom is 0.213 e. The lowest BCUT2D eigenvalue weighted by Gasteiger charge is -2.33. The first-order valence-electron chi connectivity index (χ1n) is 17.1. The first-order valence-corrected chi connectivity index (χ1v) is 17.1. The van der Waals surface area contributed by atoms with Crippen molar-refractivity contribution in [1.82, 2.24) is 34.8 Å². The number of ketones is 1. The molecule has 7 rings (SSSR count). The molecule has 262 valence electrons. The van der Waals surface area contributed by atoms with Crippen molar-refractivity contribution in [1.29, 1.82) is 0 Å². The number of H-pyrrole nitrogens is 1. The van der Waals surface area contributed by atoms with E-state index in [1.165, 1.54) is 5.69 Å². The van der Waals surface area contributed by atoms with Gasteiger partial charge in [-0.15, -0.1) is 0 Å². The van der Waals surface area contributed by atoms with E-state index in [-0.39, 0.29) is 12.0 Å². The molecule has 0 saturated carbocycles. The highest BCUT2D eigenvalue weighted by Gasteiger charge is 2.29. The van der Waals surface area contributed by atoms with Crippen LogP contribution in [0.15, 0.2) is 67.1 Å². The molecule has 2 N–H and O–H groups in total. The monoisotopic (exact) mass is 679 g/mol. The number of fused-ring (bicyclic) bond motifs is 1. The van der Waals surface area contributed by atoms with Crippen LogP contribution in [0.25, 0.3) is 33.5 Å². The Labute approximate surface area is 292 Å². The number of piperidine rings is 1. The minimum atomic E-state index is 0.0848. The minimum Gasteiger partial charge on any atom is -0.475 e. The normalized spacial score (nSPS) is 16.7. The summed E-state index contributed by atoms with van der Waals surface area (Å²) in [5, 5.41) is 15.2. The Bertz CT molecular complexity index is 1860. The molecule has 0 aliphatic carbocycles. The molecule has 5 heterocycles. The summed E-state index contributed by atoms with van der Waals surface area (Å²) >= 11 is 0. The molecular weight excluding hydrogens is 634 g/mol. The Kier molecular flexibility index (Phi) is 11.1. The second kappa shape index (κ2) is 16.0. The number of methoxy groups -OCH3 is 1. The third kappa shape index (κ3) is 8.52. The fourth-order valence-corrected chi connectivity index (χ4v) is 6.46. The van der Waals surface area contributed by atoms with Crippen LogP contribution >= 0.6 is 0 Å². The third-order valence-electron chi connectivity index (χ3n) is 9.14. The van der Waals surface area contributed by atoms with Gasteiger partial charge in [0.15, 0.2) is 5.82 Å². The SMILES string of the molecule is CC(C)Oc1ccc(-c2n[nH]c3ccc(NC=O)cc23)cn1.CO[C@H]1CCN(CC(=O)C2CCN(c3ccc(-c4ncn(C)n4)cc3)CC2)C1. The zero-order chi connectivity index (χ0) is 35.0. The van der Waals surface area contributed by atoms with Gasteiger partial charge in [-0.2, -0.15) is 10.2 Å². The molecule has 1 atom stereocenters. The van der Waals surface area contributed by atoms with E-state index in [0.717, 1.165) is 84.7 Å². The van der Waals surface area contributed by atoms with Crippen molar-refractivity contribution in [2.75, 3.05) is 50.1 Å². The van der Waals surface area contributed by atoms with Gasteiger partial charge in [-0.25, -0.2) is 9.97 Å². The van der Waals surface area contributed by atoms with Crippen LogP contribution in [0.5, 0.6) is 5.88 Å². The lowest BCUT2D eigenvalue weighted by Crippen LogP contribution is -2.40. The fraction of sp³-hybridized carbons (Fsp3) is 0.405. The molecule has 0 radical (unpaired) electrons. The van der Waals surface area contributed by atoms with Gasteiger partial charge in [-0.05, 0) is 81.6 Å². The molecule has 1 amide bonds. The fourth-order valence-electron chi connectivity index (χ4n) is 6.46. The van der Waals surface area contributed by atoms with E-state index in [4.69, 9.17) is 9.47 Å². The largest absolute Gasteiger partial charge is 0.475 e. The number of nitrogens with zero attached hydrogens (tertiary/aromatic N) is 7. The van der Waals surface area contributed by atoms with E-state index in [9.17, 15) is 9.59 Å². The summed E-state index contributed by atoms with van der Waals surface area (Å²) in [5.74, 6) is 1.92. The predicted molar refractivity (Wildman–Crippen MR) is 193 cm³/mol. The molecule has 13 heteroatoms. The van der Waals surface area contributed by atoms with Crippen molar-refractivity contribution in [2.24, 2.45) is 13.0 Å². The van der Waals surface area contributed by atoms with Crippen molar-refractivity contribution in [3.8, 4) is 28.5 Å². The summed E-state index contributed by atoms with van der Waals surface area (Å²) in [6, 6.07) is 17.7. The highest BCUT2D eigenvalue weighted by molar-refractivity contribution is 5.95. The van der Waals surface area contributed by atoms with Gasteiger partial charge < -0.3 is 19.7 Å². The maximum atomic E-state index is 12.7. The summed E-state index contributed by atoms with van der Waals surface area (Å²) < 4.78 is 12.6. The second-order valence-electron chi connectivity index (χ2n) is 13.0. The number of hydrogen-bond donors (Lipinski definition) is 2. The van der Waals surface area contributed by atoms with Gasteiger partial charge in [0.25, 0.3) is 0 Å². The number of aromatic nitrogens is 6. The number of nitrogens with one attached hydrogen (secondary N) is 2. The summed E-state index contributed by atoms with van der Waals surface area (Å²) in [7, 11) is 3.63. The Balaban J connectivity index is 0.000000178. The number of Topliss-reactive ketones (excluding diaryl/α,β-unsaturated/α-hetero) is 1. The molecule has 2 aliphatic rings. The molecule has 3 aromatic heterocycles. The van der Waals surface area contributed by atoms with Gasteiger partial charge in [0.1, 0.15) is 17.8 Å². The number of anilines is 2. The van der Waals surface area contributed by atoms with Crippen LogP contribution in [0.2, 0.25) is 0 Å². The van der Waals surface area contributed by atoms with Crippen LogP contribution in [0.4, 0.5) is 11.4 Å². The van der Waals surface area contributed by atoms with Crippen molar-refractivity contribution in [3.63, 3.8) is 0 Å². The number of pyridine rings is 1. The molecule has 50 heavy (non-hydrogen) atoms. The Morgan fingerprint density at radius 3 is 2.44 bits per heavy atom. The van der Waals surface area contributed by atoms with Crippen LogP contribution in [0, 0.1) is 5.92 Å². The highest BCUT2D eigenvalue weighted by atomic mass is 16.5. The zero-order valence-electron chi connectivity index (χ0n) is 29.1. The number of hydrogen-bond acceptors (Lipinski definition) is 10. The number of carbonyl (C=O) groups is 2. The third-order valence-corrected chi connectivity index (χ3v) is 9.14. The van der Waals surface area contributed by atoms with Crippen LogP contribution in [0.1, 0.15) is 33.1 Å². The number of amides is 1. The lowest BCUT2D eigenvalue weighted by molar-refractivity contribution is -0.124. The van der Waals surface area contributed by atoms with Crippen LogP contribution in [0.3, 0.4) is 0 Å². The Morgan fingerprint density at radius 2 is 1.80 bits per heavy atom. The van der Waals surface area contributed by atoms with E-state index in [2.05, 4.69) is 64.6 Å². The van der Waals surface area contributed by atoms with Gasteiger partial charge in [-0.3, -0.25) is 24.3 Å². The number of benzene rings is 2. The second-order valence-corrected chi connectivity index (χ2v) is 13.0. The highest BCUT2D eigenvalue weighted by Crippen LogP contribution is 2.29. The quantitative estimate of drug-likeness (QED) is 0.184. The molecule has 0 bridgehead atoms. The van der Waals surface area contributed by atoms with E-state index < -0.39 is 0 Å². The number of carbonyl (C=O) groups excluding carboxylic acids is 2. The number of rotatable bonds is 11. The van der Waals surface area contributed by atoms with Gasteiger partial charge in [0.05, 0.1) is 24.3 Å². The Morgan fingerprint density at radius 1 is 1.02 bits per heavy atom. The van der Waals surface area contributed by atoms with E-state index in [0.29, 0.717) is 30.7 Å². The molecular formula is C37H45N9O4. The molecule has 2 aromatic carbocycles. The summed E-state index contributed by atoms with van der Waals surface area (Å²) in [4.78, 5) is 36.5. The topological polar surface area (TPSA) is 143 Å². The average Bonchev–Trinajstić information content (AvgIpc) is 3.89. The maximum absolute atomic E-state index is 12.7. The van der Waals surface area contributed by atoms with E-state index >= 15 is 0 Å². The molecule has 2 aliphatic heterocycles. The number of aromatic amines is 1. The van der Waals surface area contributed by atoms with Crippen molar-refractivity contribution >= 4 is 34.5 Å². The van der Waals surface area contributed by atoms with E-state index in [1.807, 2.05) is 51.2 Å². The molecule has 0 unspecified atom stereocenters. The number of aryl methyl sites for hydroxylation is 1. The summed E-state index contributed by atoms with van der Waals surface area (Å²) in [6.45, 7) is 8.21. The van der Waals surface area contributed by atoms with E-state index in [1.54, 1.807) is 24.3 Å². The predicted octanol–water partition coefficient (Wildman–Crippen LogP) is 4.97. The summed E-state index contributed by atoms with van der Waals surface area (Å²) in [6.07, 6.45) is 7.37. The first-order chi connectivity index (χ1) is 24.3. The van der Waals surface area contributed by atoms with Crippen LogP contribution < -0.4 is 15.0 Å². The van der Waals surface area contributed by atoms with Gasteiger partial charge in [-0.1, -0.05) is 0 Å². The molecule has 0 spiro atoms. The smallest absolute Gasteiger partial charge is 0.213 e. The van der Waals surface area contributed by atoms with Crippen molar-refractivity contribution < 1.29 is 19.1 Å². The molecule has 2 fully saturated rings. The first kappa shape index (κ1) is 34.7. The van der Waals surface area contributed by atoms with Crippen molar-refractivity contribution in [2.45, 2.75) is 45.3 Å². The van der Waals surface area contributed by atoms with Crippen LogP contribution in [-0.4, -0.2) is 99.1 Å². The molecule has 5 aromatic rings. The molecule has 2 saturated heterocycles. The van der Waals surface area contributed by atoms with Gasteiger partial charge in [0, 0.05) is 86.4 Å². The minimum absolute atomic E-state index is 0.0848. The zero-order valence-corrected chi connectivity index (χ0v) is 29.1. The number of ether oxygens (including phenoxy) is 2. The van der Waals surface area contributed by atoms with Gasteiger partial charge in [0.2, 0.25) is 12.3 Å². The number of likely N-dealkylation sites (tertiary alicyclic amines) is 1. The van der Waals surface area contributed by atoms with Gasteiger partial charge >= 0.3 is 0 Å². The van der Waals surface area contributed by atoms with Crippen LogP contribution in [-0.2, 0) is 21.4 Å². The average molecular weight is 680 g/mol.